The molecule has 0 aromatic heterocycles. The third-order valence-corrected chi connectivity index (χ3v) is 2.52. The Kier molecular flexibility index (Phi) is 4.29. The molecule has 0 radical (unpaired) electrons. The van der Waals surface area contributed by atoms with E-state index in [2.05, 4.69) is 15.9 Å². The number of halogens is 1. The van der Waals surface area contributed by atoms with Crippen molar-refractivity contribution in [2.45, 2.75) is 20.8 Å². The van der Waals surface area contributed by atoms with Gasteiger partial charge in [-0.3, -0.25) is 10.1 Å². The number of hydrogen-bond acceptors (Lipinski definition) is 3. The molecule has 1 rings (SSSR count). The minimum atomic E-state index is -0.423. The summed E-state index contributed by atoms with van der Waals surface area (Å²) in [5.41, 5.74) is 0.836. The first-order chi connectivity index (χ1) is 7.41. The molecule has 0 spiro atoms. The number of ether oxygens (including phenoxy) is 1. The van der Waals surface area contributed by atoms with Crippen LogP contribution in [-0.4, -0.2) is 11.5 Å². The zero-order chi connectivity index (χ0) is 12.3. The lowest BCUT2D eigenvalue weighted by Gasteiger charge is -2.11. The first-order valence-corrected chi connectivity index (χ1v) is 5.78. The van der Waals surface area contributed by atoms with Gasteiger partial charge in [0.15, 0.2) is 0 Å². The van der Waals surface area contributed by atoms with Crippen molar-refractivity contribution in [3.05, 3.63) is 32.3 Å². The van der Waals surface area contributed by atoms with Crippen molar-refractivity contribution in [3.63, 3.8) is 0 Å². The summed E-state index contributed by atoms with van der Waals surface area (Å²) >= 11 is 3.29. The molecule has 0 bridgehead atoms. The molecular formula is C11H14BrNO3. The van der Waals surface area contributed by atoms with Crippen LogP contribution in [0, 0.1) is 23.0 Å². The van der Waals surface area contributed by atoms with Crippen LogP contribution in [-0.2, 0) is 0 Å². The molecule has 0 atom stereocenters. The summed E-state index contributed by atoms with van der Waals surface area (Å²) in [6.45, 7) is 6.26. The van der Waals surface area contributed by atoms with Gasteiger partial charge in [-0.15, -0.1) is 0 Å². The minimum absolute atomic E-state index is 0.00697. The number of hydrogen-bond donors (Lipinski definition) is 0. The summed E-state index contributed by atoms with van der Waals surface area (Å²) < 4.78 is 6.08. The lowest BCUT2D eigenvalue weighted by atomic mass is 10.2. The Morgan fingerprint density at radius 3 is 2.62 bits per heavy atom. The van der Waals surface area contributed by atoms with E-state index in [1.54, 1.807) is 0 Å². The normalized spacial score (nSPS) is 10.6. The zero-order valence-electron chi connectivity index (χ0n) is 9.49. The maximum atomic E-state index is 10.9. The Morgan fingerprint density at radius 1 is 1.50 bits per heavy atom. The Bertz CT molecular complexity index is 404. The van der Waals surface area contributed by atoms with Gasteiger partial charge in [-0.1, -0.05) is 13.8 Å². The quantitative estimate of drug-likeness (QED) is 0.627. The monoisotopic (exact) mass is 287 g/mol. The average Bonchev–Trinajstić information content (AvgIpc) is 2.14. The molecule has 1 aromatic rings. The van der Waals surface area contributed by atoms with Gasteiger partial charge in [0, 0.05) is 6.07 Å². The van der Waals surface area contributed by atoms with E-state index in [0.717, 1.165) is 5.56 Å². The fraction of sp³-hybridized carbons (Fsp3) is 0.455. The Labute approximate surface area is 103 Å². The smallest absolute Gasteiger partial charge is 0.312 e. The lowest BCUT2D eigenvalue weighted by molar-refractivity contribution is -0.386. The van der Waals surface area contributed by atoms with Gasteiger partial charge in [0.05, 0.1) is 16.0 Å². The van der Waals surface area contributed by atoms with Crippen LogP contribution >= 0.6 is 15.9 Å². The largest absolute Gasteiger partial charge is 0.486 e. The topological polar surface area (TPSA) is 52.4 Å². The first-order valence-electron chi connectivity index (χ1n) is 4.99. The molecule has 0 N–H and O–H groups in total. The van der Waals surface area contributed by atoms with Crippen LogP contribution in [0.15, 0.2) is 16.6 Å². The molecule has 0 unspecified atom stereocenters. The van der Waals surface area contributed by atoms with Crippen molar-refractivity contribution in [3.8, 4) is 5.75 Å². The number of nitro groups is 1. The highest BCUT2D eigenvalue weighted by Gasteiger charge is 2.19. The van der Waals surface area contributed by atoms with Crippen LogP contribution < -0.4 is 4.74 Å². The van der Waals surface area contributed by atoms with Gasteiger partial charge >= 0.3 is 5.69 Å². The van der Waals surface area contributed by atoms with E-state index in [-0.39, 0.29) is 5.69 Å². The summed E-state index contributed by atoms with van der Waals surface area (Å²) in [5, 5.41) is 10.9. The number of benzene rings is 1. The Hall–Kier alpha value is -1.10. The SMILES string of the molecule is Cc1cc(Br)c(OCC(C)C)c([N+](=O)[O-])c1. The van der Waals surface area contributed by atoms with Gasteiger partial charge < -0.3 is 4.74 Å². The van der Waals surface area contributed by atoms with Crippen LogP contribution in [0.3, 0.4) is 0 Å². The van der Waals surface area contributed by atoms with E-state index in [1.807, 2.05) is 26.8 Å². The highest BCUT2D eigenvalue weighted by atomic mass is 79.9. The van der Waals surface area contributed by atoms with E-state index < -0.39 is 4.92 Å². The van der Waals surface area contributed by atoms with Gasteiger partial charge in [-0.25, -0.2) is 0 Å². The van der Waals surface area contributed by atoms with Crippen LogP contribution in [0.5, 0.6) is 5.75 Å². The predicted molar refractivity (Wildman–Crippen MR) is 65.9 cm³/mol. The second kappa shape index (κ2) is 5.30. The number of aryl methyl sites for hydroxylation is 1. The van der Waals surface area contributed by atoms with Crippen molar-refractivity contribution >= 4 is 21.6 Å². The van der Waals surface area contributed by atoms with E-state index >= 15 is 0 Å². The van der Waals surface area contributed by atoms with Crippen molar-refractivity contribution in [1.29, 1.82) is 0 Å². The van der Waals surface area contributed by atoms with Gasteiger partial charge in [0.1, 0.15) is 0 Å². The molecule has 0 aliphatic heterocycles. The number of nitro benzene ring substituents is 1. The van der Waals surface area contributed by atoms with Crippen molar-refractivity contribution < 1.29 is 9.66 Å². The fourth-order valence-corrected chi connectivity index (χ4v) is 1.92. The second-order valence-electron chi connectivity index (χ2n) is 4.06. The molecule has 1 aromatic carbocycles. The van der Waals surface area contributed by atoms with E-state index in [4.69, 9.17) is 4.74 Å². The van der Waals surface area contributed by atoms with E-state index in [1.165, 1.54) is 6.07 Å². The Morgan fingerprint density at radius 2 is 2.12 bits per heavy atom. The molecule has 88 valence electrons. The zero-order valence-corrected chi connectivity index (χ0v) is 11.1. The van der Waals surface area contributed by atoms with Crippen LogP contribution in [0.4, 0.5) is 5.69 Å². The molecule has 0 fully saturated rings. The summed E-state index contributed by atoms with van der Waals surface area (Å²) in [5.74, 6) is 0.636. The minimum Gasteiger partial charge on any atom is -0.486 e. The molecule has 0 amide bonds. The van der Waals surface area contributed by atoms with Crippen molar-refractivity contribution in [1.82, 2.24) is 0 Å². The van der Waals surface area contributed by atoms with E-state index in [0.29, 0.717) is 22.7 Å². The fourth-order valence-electron chi connectivity index (χ4n) is 1.24. The predicted octanol–water partition coefficient (Wildman–Crippen LogP) is 3.70. The molecular weight excluding hydrogens is 274 g/mol. The molecule has 0 aliphatic carbocycles. The van der Waals surface area contributed by atoms with Gasteiger partial charge in [-0.2, -0.15) is 0 Å². The molecule has 0 saturated heterocycles. The molecule has 4 nitrogen and oxygen atoms in total. The van der Waals surface area contributed by atoms with Crippen molar-refractivity contribution in [2.24, 2.45) is 5.92 Å². The van der Waals surface area contributed by atoms with Crippen LogP contribution in [0.1, 0.15) is 19.4 Å². The van der Waals surface area contributed by atoms with Gasteiger partial charge in [0.2, 0.25) is 5.75 Å². The Balaban J connectivity index is 3.09. The van der Waals surface area contributed by atoms with E-state index in [9.17, 15) is 10.1 Å². The van der Waals surface area contributed by atoms with Crippen molar-refractivity contribution in [2.75, 3.05) is 6.61 Å². The third kappa shape index (κ3) is 3.20. The molecule has 0 aliphatic rings. The lowest BCUT2D eigenvalue weighted by Crippen LogP contribution is -2.07. The summed E-state index contributed by atoms with van der Waals surface area (Å²) in [6, 6.07) is 3.32. The number of rotatable bonds is 4. The third-order valence-electron chi connectivity index (χ3n) is 1.93. The molecule has 16 heavy (non-hydrogen) atoms. The van der Waals surface area contributed by atoms with Crippen LogP contribution in [0.25, 0.3) is 0 Å². The summed E-state index contributed by atoms with van der Waals surface area (Å²) in [7, 11) is 0. The summed E-state index contributed by atoms with van der Waals surface area (Å²) in [4.78, 5) is 10.5. The maximum Gasteiger partial charge on any atom is 0.312 e. The maximum absolute atomic E-state index is 10.9. The first kappa shape index (κ1) is 13.0. The van der Waals surface area contributed by atoms with Crippen LogP contribution in [0.2, 0.25) is 0 Å². The summed E-state index contributed by atoms with van der Waals surface area (Å²) in [6.07, 6.45) is 0. The highest BCUT2D eigenvalue weighted by molar-refractivity contribution is 9.10. The highest BCUT2D eigenvalue weighted by Crippen LogP contribution is 2.36. The average molecular weight is 288 g/mol. The molecule has 0 saturated carbocycles. The number of nitrogens with zero attached hydrogens (tertiary/aromatic N) is 1. The van der Waals surface area contributed by atoms with Gasteiger partial charge in [0.25, 0.3) is 0 Å². The standard InChI is InChI=1S/C11H14BrNO3/c1-7(2)6-16-11-9(12)4-8(3)5-10(11)13(14)15/h4-5,7H,6H2,1-3H3. The molecule has 0 heterocycles. The van der Waals surface area contributed by atoms with Gasteiger partial charge in [-0.05, 0) is 40.4 Å². The second-order valence-corrected chi connectivity index (χ2v) is 4.91. The molecule has 5 heteroatoms.